The van der Waals surface area contributed by atoms with Crippen LogP contribution in [0.5, 0.6) is 0 Å². The van der Waals surface area contributed by atoms with E-state index in [1.54, 1.807) is 12.5 Å². The lowest BCUT2D eigenvalue weighted by Gasteiger charge is -1.99. The van der Waals surface area contributed by atoms with Gasteiger partial charge in [0.15, 0.2) is 0 Å². The molecule has 0 fully saturated rings. The summed E-state index contributed by atoms with van der Waals surface area (Å²) in [6.45, 7) is 0. The number of hydrogen-bond donors (Lipinski definition) is 2. The zero-order chi connectivity index (χ0) is 8.10. The molecule has 0 aliphatic heterocycles. The highest BCUT2D eigenvalue weighted by molar-refractivity contribution is 5.56. The number of carbonyl (C=O) groups excluding carboxylic acids is 1. The molecule has 1 aromatic rings. The second-order valence-corrected chi connectivity index (χ2v) is 2.42. The second kappa shape index (κ2) is 3.88. The molecule has 0 aliphatic rings. The summed E-state index contributed by atoms with van der Waals surface area (Å²) in [6.07, 6.45) is 5.56. The minimum absolute atomic E-state index is 0.349. The van der Waals surface area contributed by atoms with Crippen LogP contribution >= 0.6 is 0 Å². The van der Waals surface area contributed by atoms with Gasteiger partial charge in [-0.3, -0.25) is 0 Å². The molecule has 0 radical (unpaired) electrons. The fourth-order valence-electron chi connectivity index (χ4n) is 0.812. The van der Waals surface area contributed by atoms with E-state index in [2.05, 4.69) is 9.97 Å². The molecule has 4 heteroatoms. The summed E-state index contributed by atoms with van der Waals surface area (Å²) in [5.41, 5.74) is 6.40. The van der Waals surface area contributed by atoms with E-state index in [0.29, 0.717) is 6.42 Å². The quantitative estimate of drug-likeness (QED) is 0.592. The third-order valence-corrected chi connectivity index (χ3v) is 1.48. The van der Waals surface area contributed by atoms with Crippen molar-refractivity contribution in [3.63, 3.8) is 0 Å². The number of aromatic nitrogens is 2. The van der Waals surface area contributed by atoms with Gasteiger partial charge in [-0.05, 0) is 12.8 Å². The van der Waals surface area contributed by atoms with Crippen molar-refractivity contribution < 1.29 is 4.79 Å². The molecule has 0 bridgehead atoms. The zero-order valence-corrected chi connectivity index (χ0v) is 6.16. The van der Waals surface area contributed by atoms with Crippen molar-refractivity contribution in [2.75, 3.05) is 0 Å². The summed E-state index contributed by atoms with van der Waals surface area (Å²) in [5.74, 6) is 0. The van der Waals surface area contributed by atoms with Crippen LogP contribution < -0.4 is 5.73 Å². The minimum atomic E-state index is -0.349. The van der Waals surface area contributed by atoms with Crippen molar-refractivity contribution >= 4 is 6.29 Å². The van der Waals surface area contributed by atoms with E-state index in [9.17, 15) is 4.79 Å². The first-order valence-corrected chi connectivity index (χ1v) is 3.51. The van der Waals surface area contributed by atoms with Gasteiger partial charge in [0.1, 0.15) is 6.29 Å². The molecule has 1 aromatic heterocycles. The number of nitrogens with zero attached hydrogens (tertiary/aromatic N) is 1. The number of rotatable bonds is 4. The van der Waals surface area contributed by atoms with Gasteiger partial charge in [0.2, 0.25) is 0 Å². The van der Waals surface area contributed by atoms with Crippen LogP contribution in [0.25, 0.3) is 0 Å². The molecule has 0 amide bonds. The number of nitrogens with one attached hydrogen (secondary N) is 1. The molecular formula is C7H11N3O. The number of hydrogen-bond acceptors (Lipinski definition) is 3. The summed E-state index contributed by atoms with van der Waals surface area (Å²) in [7, 11) is 0. The van der Waals surface area contributed by atoms with Crippen LogP contribution in [0.2, 0.25) is 0 Å². The molecule has 0 aliphatic carbocycles. The van der Waals surface area contributed by atoms with E-state index in [1.165, 1.54) is 0 Å². The van der Waals surface area contributed by atoms with Gasteiger partial charge in [-0.15, -0.1) is 0 Å². The fourth-order valence-corrected chi connectivity index (χ4v) is 0.812. The summed E-state index contributed by atoms with van der Waals surface area (Å²) in [5, 5.41) is 0. The molecule has 1 atom stereocenters. The van der Waals surface area contributed by atoms with Gasteiger partial charge in [-0.1, -0.05) is 0 Å². The van der Waals surface area contributed by atoms with Crippen LogP contribution in [0.1, 0.15) is 12.1 Å². The van der Waals surface area contributed by atoms with E-state index >= 15 is 0 Å². The average molecular weight is 153 g/mol. The fraction of sp³-hybridized carbons (Fsp3) is 0.429. The molecule has 0 saturated heterocycles. The Balaban J connectivity index is 2.28. The smallest absolute Gasteiger partial charge is 0.136 e. The normalized spacial score (nSPS) is 12.8. The lowest BCUT2D eigenvalue weighted by molar-refractivity contribution is -0.109. The van der Waals surface area contributed by atoms with Crippen LogP contribution in [0, 0.1) is 0 Å². The molecule has 4 nitrogen and oxygen atoms in total. The van der Waals surface area contributed by atoms with Crippen LogP contribution in [-0.4, -0.2) is 22.3 Å². The maximum absolute atomic E-state index is 10.1. The summed E-state index contributed by atoms with van der Waals surface area (Å²) >= 11 is 0. The first-order valence-electron chi connectivity index (χ1n) is 3.51. The van der Waals surface area contributed by atoms with Gasteiger partial charge in [0.25, 0.3) is 0 Å². The number of aldehydes is 1. The molecule has 3 N–H and O–H groups in total. The van der Waals surface area contributed by atoms with Gasteiger partial charge in [0, 0.05) is 11.9 Å². The van der Waals surface area contributed by atoms with Gasteiger partial charge in [0.05, 0.1) is 12.4 Å². The van der Waals surface area contributed by atoms with E-state index in [0.717, 1.165) is 18.4 Å². The molecule has 60 valence electrons. The third-order valence-electron chi connectivity index (χ3n) is 1.48. The van der Waals surface area contributed by atoms with Crippen LogP contribution in [0.3, 0.4) is 0 Å². The van der Waals surface area contributed by atoms with Crippen molar-refractivity contribution in [3.8, 4) is 0 Å². The van der Waals surface area contributed by atoms with Crippen LogP contribution in [-0.2, 0) is 11.2 Å². The molecule has 0 saturated carbocycles. The minimum Gasteiger partial charge on any atom is -0.348 e. The standard InChI is InChI=1S/C7H11N3O/c8-6(4-11)1-2-7-3-9-5-10-7/h3-6H,1-2,8H2,(H,9,10). The van der Waals surface area contributed by atoms with E-state index in [-0.39, 0.29) is 6.04 Å². The van der Waals surface area contributed by atoms with Crippen molar-refractivity contribution in [1.82, 2.24) is 9.97 Å². The predicted molar refractivity (Wildman–Crippen MR) is 40.9 cm³/mol. The highest BCUT2D eigenvalue weighted by Gasteiger charge is 2.00. The van der Waals surface area contributed by atoms with E-state index in [4.69, 9.17) is 5.73 Å². The zero-order valence-electron chi connectivity index (χ0n) is 6.16. The van der Waals surface area contributed by atoms with Gasteiger partial charge < -0.3 is 15.5 Å². The lowest BCUT2D eigenvalue weighted by atomic mass is 10.1. The molecule has 0 spiro atoms. The SMILES string of the molecule is NC(C=O)CCc1cnc[nH]1. The highest BCUT2D eigenvalue weighted by atomic mass is 16.1. The van der Waals surface area contributed by atoms with Gasteiger partial charge >= 0.3 is 0 Å². The maximum atomic E-state index is 10.1. The summed E-state index contributed by atoms with van der Waals surface area (Å²) in [4.78, 5) is 16.9. The Morgan fingerprint density at radius 1 is 1.82 bits per heavy atom. The van der Waals surface area contributed by atoms with Gasteiger partial charge in [-0.2, -0.15) is 0 Å². The number of aryl methyl sites for hydroxylation is 1. The first kappa shape index (κ1) is 7.94. The van der Waals surface area contributed by atoms with Gasteiger partial charge in [-0.25, -0.2) is 4.98 Å². The number of nitrogens with two attached hydrogens (primary N) is 1. The van der Waals surface area contributed by atoms with Crippen LogP contribution in [0.15, 0.2) is 12.5 Å². The highest BCUT2D eigenvalue weighted by Crippen LogP contribution is 1.97. The topological polar surface area (TPSA) is 71.8 Å². The predicted octanol–water partition coefficient (Wildman–Crippen LogP) is -0.132. The Kier molecular flexibility index (Phi) is 2.80. The largest absolute Gasteiger partial charge is 0.348 e. The lowest BCUT2D eigenvalue weighted by Crippen LogP contribution is -2.21. The van der Waals surface area contributed by atoms with E-state index < -0.39 is 0 Å². The molecule has 1 heterocycles. The monoisotopic (exact) mass is 153 g/mol. The number of H-pyrrole nitrogens is 1. The molecule has 11 heavy (non-hydrogen) atoms. The number of imidazole rings is 1. The molecule has 1 unspecified atom stereocenters. The second-order valence-electron chi connectivity index (χ2n) is 2.42. The molecular weight excluding hydrogens is 142 g/mol. The van der Waals surface area contributed by atoms with Crippen molar-refractivity contribution in [2.24, 2.45) is 5.73 Å². The molecule has 1 rings (SSSR count). The Bertz CT molecular complexity index is 207. The van der Waals surface area contributed by atoms with Crippen molar-refractivity contribution in [3.05, 3.63) is 18.2 Å². The Hall–Kier alpha value is -1.16. The number of carbonyl (C=O) groups is 1. The Labute approximate surface area is 64.8 Å². The summed E-state index contributed by atoms with van der Waals surface area (Å²) < 4.78 is 0. The third kappa shape index (κ3) is 2.51. The van der Waals surface area contributed by atoms with E-state index in [1.807, 2.05) is 0 Å². The number of aromatic amines is 1. The maximum Gasteiger partial charge on any atom is 0.136 e. The average Bonchev–Trinajstić information content (AvgIpc) is 2.52. The Morgan fingerprint density at radius 3 is 3.18 bits per heavy atom. The first-order chi connectivity index (χ1) is 5.33. The molecule has 0 aromatic carbocycles. The summed E-state index contributed by atoms with van der Waals surface area (Å²) in [6, 6.07) is -0.349. The van der Waals surface area contributed by atoms with Crippen LogP contribution in [0.4, 0.5) is 0 Å². The Morgan fingerprint density at radius 2 is 2.64 bits per heavy atom. The van der Waals surface area contributed by atoms with Crippen molar-refractivity contribution in [1.29, 1.82) is 0 Å². The van der Waals surface area contributed by atoms with Crippen molar-refractivity contribution in [2.45, 2.75) is 18.9 Å².